The van der Waals surface area contributed by atoms with Gasteiger partial charge in [-0.25, -0.2) is 0 Å². The highest BCUT2D eigenvalue weighted by Crippen LogP contribution is 2.12. The molecule has 1 fully saturated rings. The van der Waals surface area contributed by atoms with Gasteiger partial charge in [-0.1, -0.05) is 12.1 Å². The van der Waals surface area contributed by atoms with Gasteiger partial charge < -0.3 is 15.2 Å². The number of phenolic OH excluding ortho intramolecular Hbond substituents is 1. The smallest absolute Gasteiger partial charge is 0.115 e. The fourth-order valence-corrected chi connectivity index (χ4v) is 1.83. The van der Waals surface area contributed by atoms with Crippen molar-refractivity contribution in [1.29, 1.82) is 0 Å². The molecule has 1 aliphatic rings. The molecule has 0 saturated carbocycles. The molecule has 2 rings (SSSR count). The molecule has 1 aromatic carbocycles. The van der Waals surface area contributed by atoms with Gasteiger partial charge in [-0.3, -0.25) is 0 Å². The predicted octanol–water partition coefficient (Wildman–Crippen LogP) is 1.66. The van der Waals surface area contributed by atoms with Crippen LogP contribution in [0.2, 0.25) is 0 Å². The monoisotopic (exact) mass is 207 g/mol. The summed E-state index contributed by atoms with van der Waals surface area (Å²) in [6, 6.07) is 7.94. The van der Waals surface area contributed by atoms with Gasteiger partial charge in [0.05, 0.1) is 0 Å². The largest absolute Gasteiger partial charge is 0.508 e. The first-order chi connectivity index (χ1) is 7.34. The van der Waals surface area contributed by atoms with Gasteiger partial charge in [-0.15, -0.1) is 0 Å². The second-order valence-electron chi connectivity index (χ2n) is 3.94. The molecule has 3 nitrogen and oxygen atoms in total. The van der Waals surface area contributed by atoms with Crippen LogP contribution in [0.1, 0.15) is 18.4 Å². The number of rotatable bonds is 3. The van der Waals surface area contributed by atoms with E-state index in [2.05, 4.69) is 5.32 Å². The average molecular weight is 207 g/mol. The van der Waals surface area contributed by atoms with Crippen LogP contribution >= 0.6 is 0 Å². The van der Waals surface area contributed by atoms with E-state index in [-0.39, 0.29) is 0 Å². The first-order valence-corrected chi connectivity index (χ1v) is 5.43. The summed E-state index contributed by atoms with van der Waals surface area (Å²) < 4.78 is 5.29. The third kappa shape index (κ3) is 3.22. The fourth-order valence-electron chi connectivity index (χ4n) is 1.83. The topological polar surface area (TPSA) is 41.5 Å². The Labute approximate surface area is 90.1 Å². The molecule has 2 N–H and O–H groups in total. The van der Waals surface area contributed by atoms with Gasteiger partial charge in [0.25, 0.3) is 0 Å². The Hall–Kier alpha value is -1.06. The van der Waals surface area contributed by atoms with E-state index in [4.69, 9.17) is 4.74 Å². The number of ether oxygens (including phenoxy) is 1. The minimum Gasteiger partial charge on any atom is -0.508 e. The fraction of sp³-hybridized carbons (Fsp3) is 0.500. The quantitative estimate of drug-likeness (QED) is 0.792. The van der Waals surface area contributed by atoms with Gasteiger partial charge in [-0.05, 0) is 30.5 Å². The zero-order chi connectivity index (χ0) is 10.5. The third-order valence-corrected chi connectivity index (χ3v) is 2.73. The second-order valence-corrected chi connectivity index (χ2v) is 3.94. The summed E-state index contributed by atoms with van der Waals surface area (Å²) in [5, 5.41) is 12.8. The lowest BCUT2D eigenvalue weighted by Crippen LogP contribution is -2.34. The Bertz CT molecular complexity index is 308. The summed E-state index contributed by atoms with van der Waals surface area (Å²) in [6.07, 6.45) is 2.16. The van der Waals surface area contributed by atoms with Crippen molar-refractivity contribution >= 4 is 0 Å². The van der Waals surface area contributed by atoms with Crippen LogP contribution in [0, 0.1) is 0 Å². The molecule has 3 heteroatoms. The van der Waals surface area contributed by atoms with Crippen LogP contribution in [-0.2, 0) is 11.3 Å². The summed E-state index contributed by atoms with van der Waals surface area (Å²) in [5.41, 5.74) is 1.13. The summed E-state index contributed by atoms with van der Waals surface area (Å²) in [7, 11) is 0. The van der Waals surface area contributed by atoms with Crippen LogP contribution in [0.3, 0.4) is 0 Å². The number of nitrogens with one attached hydrogen (secondary N) is 1. The van der Waals surface area contributed by atoms with E-state index in [0.717, 1.165) is 38.2 Å². The third-order valence-electron chi connectivity index (χ3n) is 2.73. The van der Waals surface area contributed by atoms with Crippen molar-refractivity contribution in [2.45, 2.75) is 25.4 Å². The predicted molar refractivity (Wildman–Crippen MR) is 58.8 cm³/mol. The Balaban J connectivity index is 1.81. The number of hydrogen-bond acceptors (Lipinski definition) is 3. The van der Waals surface area contributed by atoms with Gasteiger partial charge >= 0.3 is 0 Å². The van der Waals surface area contributed by atoms with Crippen molar-refractivity contribution < 1.29 is 9.84 Å². The zero-order valence-corrected chi connectivity index (χ0v) is 8.78. The van der Waals surface area contributed by atoms with E-state index < -0.39 is 0 Å². The van der Waals surface area contributed by atoms with Gasteiger partial charge in [0.15, 0.2) is 0 Å². The molecule has 0 radical (unpaired) electrons. The van der Waals surface area contributed by atoms with E-state index in [0.29, 0.717) is 11.8 Å². The van der Waals surface area contributed by atoms with Crippen molar-refractivity contribution in [2.24, 2.45) is 0 Å². The normalized spacial score (nSPS) is 17.9. The zero-order valence-electron chi connectivity index (χ0n) is 8.78. The van der Waals surface area contributed by atoms with E-state index >= 15 is 0 Å². The maximum absolute atomic E-state index is 9.30. The maximum Gasteiger partial charge on any atom is 0.115 e. The average Bonchev–Trinajstić information content (AvgIpc) is 2.28. The van der Waals surface area contributed by atoms with Crippen LogP contribution in [0.4, 0.5) is 0 Å². The number of aromatic hydroxyl groups is 1. The molecule has 0 aliphatic carbocycles. The summed E-state index contributed by atoms with van der Waals surface area (Å²) >= 11 is 0. The number of phenols is 1. The lowest BCUT2D eigenvalue weighted by Gasteiger charge is -2.23. The second kappa shape index (κ2) is 5.14. The minimum absolute atomic E-state index is 0.335. The SMILES string of the molecule is Oc1cccc(CNC2CCOCC2)c1. The molecule has 1 aromatic rings. The molecule has 0 atom stereocenters. The number of benzene rings is 1. The van der Waals surface area contributed by atoms with Gasteiger partial charge in [0.2, 0.25) is 0 Å². The molecule has 82 valence electrons. The maximum atomic E-state index is 9.30. The van der Waals surface area contributed by atoms with Crippen LogP contribution in [0.15, 0.2) is 24.3 Å². The van der Waals surface area contributed by atoms with Crippen LogP contribution in [-0.4, -0.2) is 24.4 Å². The number of hydrogen-bond donors (Lipinski definition) is 2. The molecular formula is C12H17NO2. The Morgan fingerprint density at radius 1 is 1.33 bits per heavy atom. The minimum atomic E-state index is 0.335. The molecule has 0 bridgehead atoms. The van der Waals surface area contributed by atoms with Crippen molar-refractivity contribution in [1.82, 2.24) is 5.32 Å². The molecule has 1 aliphatic heterocycles. The van der Waals surface area contributed by atoms with E-state index in [1.165, 1.54) is 0 Å². The molecule has 0 unspecified atom stereocenters. The molecule has 0 amide bonds. The van der Waals surface area contributed by atoms with Crippen molar-refractivity contribution in [3.63, 3.8) is 0 Å². The highest BCUT2D eigenvalue weighted by molar-refractivity contribution is 5.26. The van der Waals surface area contributed by atoms with Crippen LogP contribution in [0.5, 0.6) is 5.75 Å². The molecule has 1 heterocycles. The van der Waals surface area contributed by atoms with Crippen molar-refractivity contribution in [3.05, 3.63) is 29.8 Å². The highest BCUT2D eigenvalue weighted by atomic mass is 16.5. The summed E-state index contributed by atoms with van der Waals surface area (Å²) in [4.78, 5) is 0. The first-order valence-electron chi connectivity index (χ1n) is 5.43. The summed E-state index contributed by atoms with van der Waals surface area (Å²) in [5.74, 6) is 0.335. The lowest BCUT2D eigenvalue weighted by atomic mass is 10.1. The van der Waals surface area contributed by atoms with Crippen LogP contribution in [0.25, 0.3) is 0 Å². The summed E-state index contributed by atoms with van der Waals surface area (Å²) in [6.45, 7) is 2.54. The van der Waals surface area contributed by atoms with Crippen molar-refractivity contribution in [3.8, 4) is 5.75 Å². The molecule has 0 aromatic heterocycles. The first kappa shape index (κ1) is 10.5. The Morgan fingerprint density at radius 3 is 2.87 bits per heavy atom. The molecule has 0 spiro atoms. The van der Waals surface area contributed by atoms with Gasteiger partial charge in [0, 0.05) is 25.8 Å². The molecule has 15 heavy (non-hydrogen) atoms. The Kier molecular flexibility index (Phi) is 3.59. The molecular weight excluding hydrogens is 190 g/mol. The standard InChI is InChI=1S/C12H17NO2/c14-12-3-1-2-10(8-12)9-13-11-4-6-15-7-5-11/h1-3,8,11,13-14H,4-7,9H2. The van der Waals surface area contributed by atoms with E-state index in [9.17, 15) is 5.11 Å². The van der Waals surface area contributed by atoms with E-state index in [1.54, 1.807) is 12.1 Å². The molecule has 1 saturated heterocycles. The Morgan fingerprint density at radius 2 is 2.13 bits per heavy atom. The highest BCUT2D eigenvalue weighted by Gasteiger charge is 2.12. The lowest BCUT2D eigenvalue weighted by molar-refractivity contribution is 0.0776. The van der Waals surface area contributed by atoms with Gasteiger partial charge in [-0.2, -0.15) is 0 Å². The van der Waals surface area contributed by atoms with E-state index in [1.807, 2.05) is 12.1 Å². The van der Waals surface area contributed by atoms with Gasteiger partial charge in [0.1, 0.15) is 5.75 Å². The van der Waals surface area contributed by atoms with Crippen molar-refractivity contribution in [2.75, 3.05) is 13.2 Å². The van der Waals surface area contributed by atoms with Crippen LogP contribution < -0.4 is 5.32 Å².